The van der Waals surface area contributed by atoms with Gasteiger partial charge in [0.2, 0.25) is 0 Å². The van der Waals surface area contributed by atoms with Gasteiger partial charge in [0.1, 0.15) is 17.9 Å². The molecule has 27 heavy (non-hydrogen) atoms. The molecule has 134 valence electrons. The van der Waals surface area contributed by atoms with Crippen molar-refractivity contribution < 1.29 is 13.9 Å². The van der Waals surface area contributed by atoms with Crippen molar-refractivity contribution >= 4 is 16.9 Å². The molecule has 2 aromatic carbocycles. The number of amides is 1. The smallest absolute Gasteiger partial charge is 0.287 e. The van der Waals surface area contributed by atoms with Crippen LogP contribution in [0.15, 0.2) is 83.5 Å². The maximum Gasteiger partial charge on any atom is 0.287 e. The van der Waals surface area contributed by atoms with E-state index in [1.807, 2.05) is 66.7 Å². The average molecular weight is 358 g/mol. The third-order valence-electron chi connectivity index (χ3n) is 4.21. The number of pyridine rings is 1. The minimum Gasteiger partial charge on any atom is -0.489 e. The Kier molecular flexibility index (Phi) is 4.83. The van der Waals surface area contributed by atoms with Crippen LogP contribution in [0.3, 0.4) is 0 Å². The zero-order valence-corrected chi connectivity index (χ0v) is 14.6. The number of hydrogen-bond donors (Lipinski definition) is 1. The second kappa shape index (κ2) is 7.74. The van der Waals surface area contributed by atoms with Gasteiger partial charge < -0.3 is 14.5 Å². The lowest BCUT2D eigenvalue weighted by molar-refractivity contribution is 0.0922. The molecule has 0 fully saturated rings. The second-order valence-electron chi connectivity index (χ2n) is 6.05. The Morgan fingerprint density at radius 1 is 1.00 bits per heavy atom. The highest BCUT2D eigenvalue weighted by Crippen LogP contribution is 2.27. The highest BCUT2D eigenvalue weighted by molar-refractivity contribution is 5.99. The molecule has 0 saturated heterocycles. The standard InChI is InChI=1S/C22H18N2O3/c25-22(24-14-16-7-6-12-23-13-16)21-19(15-26-17-8-2-1-3-9-17)18-10-4-5-11-20(18)27-21/h1-13H,14-15H2,(H,24,25). The van der Waals surface area contributed by atoms with Gasteiger partial charge in [0, 0.05) is 29.9 Å². The molecule has 5 nitrogen and oxygen atoms in total. The summed E-state index contributed by atoms with van der Waals surface area (Å²) in [6, 6.07) is 20.8. The molecule has 0 aliphatic heterocycles. The molecule has 4 aromatic rings. The van der Waals surface area contributed by atoms with Crippen molar-refractivity contribution in [2.45, 2.75) is 13.2 Å². The van der Waals surface area contributed by atoms with Crippen LogP contribution in [0.5, 0.6) is 5.75 Å². The molecule has 1 amide bonds. The number of aromatic nitrogens is 1. The minimum absolute atomic E-state index is 0.247. The first-order valence-corrected chi connectivity index (χ1v) is 8.66. The van der Waals surface area contributed by atoms with Gasteiger partial charge in [-0.1, -0.05) is 42.5 Å². The number of nitrogens with zero attached hydrogens (tertiary/aromatic N) is 1. The summed E-state index contributed by atoms with van der Waals surface area (Å²) in [5, 5.41) is 3.76. The Hall–Kier alpha value is -3.60. The molecule has 0 atom stereocenters. The fourth-order valence-corrected chi connectivity index (χ4v) is 2.86. The summed E-state index contributed by atoms with van der Waals surface area (Å²) < 4.78 is 11.7. The number of para-hydroxylation sites is 2. The number of ether oxygens (including phenoxy) is 1. The first-order valence-electron chi connectivity index (χ1n) is 8.66. The van der Waals surface area contributed by atoms with E-state index in [9.17, 15) is 4.79 Å². The van der Waals surface area contributed by atoms with E-state index >= 15 is 0 Å². The van der Waals surface area contributed by atoms with Gasteiger partial charge in [-0.05, 0) is 29.8 Å². The van der Waals surface area contributed by atoms with Crippen molar-refractivity contribution in [1.82, 2.24) is 10.3 Å². The molecule has 0 radical (unpaired) electrons. The van der Waals surface area contributed by atoms with E-state index in [-0.39, 0.29) is 18.3 Å². The summed E-state index contributed by atoms with van der Waals surface area (Å²) in [7, 11) is 0. The SMILES string of the molecule is O=C(NCc1cccnc1)c1oc2ccccc2c1COc1ccccc1. The maximum absolute atomic E-state index is 12.7. The van der Waals surface area contributed by atoms with Crippen LogP contribution in [0.4, 0.5) is 0 Å². The van der Waals surface area contributed by atoms with Gasteiger partial charge in [-0.15, -0.1) is 0 Å². The fraction of sp³-hybridized carbons (Fsp3) is 0.0909. The summed E-state index contributed by atoms with van der Waals surface area (Å²) in [5.74, 6) is 0.738. The highest BCUT2D eigenvalue weighted by Gasteiger charge is 2.20. The number of furan rings is 1. The third kappa shape index (κ3) is 3.82. The first kappa shape index (κ1) is 16.8. The first-order chi connectivity index (χ1) is 13.3. The number of benzene rings is 2. The van der Waals surface area contributed by atoms with Gasteiger partial charge in [-0.25, -0.2) is 0 Å². The quantitative estimate of drug-likeness (QED) is 0.557. The van der Waals surface area contributed by atoms with Crippen LogP contribution < -0.4 is 10.1 Å². The van der Waals surface area contributed by atoms with Crippen molar-refractivity contribution in [3.05, 3.63) is 96.0 Å². The molecule has 0 spiro atoms. The van der Waals surface area contributed by atoms with Crippen LogP contribution in [-0.4, -0.2) is 10.9 Å². The van der Waals surface area contributed by atoms with Crippen molar-refractivity contribution in [2.75, 3.05) is 0 Å². The largest absolute Gasteiger partial charge is 0.489 e. The molecule has 0 saturated carbocycles. The number of carbonyl (C=O) groups is 1. The molecule has 0 aliphatic carbocycles. The fourth-order valence-electron chi connectivity index (χ4n) is 2.86. The Morgan fingerprint density at radius 2 is 1.81 bits per heavy atom. The normalized spacial score (nSPS) is 10.7. The number of fused-ring (bicyclic) bond motifs is 1. The van der Waals surface area contributed by atoms with Crippen LogP contribution >= 0.6 is 0 Å². The molecule has 0 aliphatic rings. The van der Waals surface area contributed by atoms with E-state index in [1.165, 1.54) is 0 Å². The van der Waals surface area contributed by atoms with E-state index in [1.54, 1.807) is 12.4 Å². The van der Waals surface area contributed by atoms with Crippen LogP contribution in [-0.2, 0) is 13.2 Å². The topological polar surface area (TPSA) is 64.4 Å². The number of hydrogen-bond acceptors (Lipinski definition) is 4. The molecule has 4 rings (SSSR count). The summed E-state index contributed by atoms with van der Waals surface area (Å²) >= 11 is 0. The van der Waals surface area contributed by atoms with Crippen LogP contribution in [0.1, 0.15) is 21.7 Å². The summed E-state index contributed by atoms with van der Waals surface area (Å²) in [6.45, 7) is 0.624. The number of rotatable bonds is 6. The van der Waals surface area contributed by atoms with Gasteiger partial charge in [-0.2, -0.15) is 0 Å². The Balaban J connectivity index is 1.58. The molecular formula is C22H18N2O3. The Labute approximate surface area is 156 Å². The van der Waals surface area contributed by atoms with Crippen molar-refractivity contribution in [3.8, 4) is 5.75 Å². The molecule has 2 aromatic heterocycles. The lowest BCUT2D eigenvalue weighted by Crippen LogP contribution is -2.23. The molecule has 0 bridgehead atoms. The molecular weight excluding hydrogens is 340 g/mol. The van der Waals surface area contributed by atoms with Gasteiger partial charge in [0.05, 0.1) is 0 Å². The van der Waals surface area contributed by atoms with Crippen molar-refractivity contribution in [3.63, 3.8) is 0 Å². The van der Waals surface area contributed by atoms with E-state index in [2.05, 4.69) is 10.3 Å². The molecule has 5 heteroatoms. The molecule has 2 heterocycles. The number of carbonyl (C=O) groups excluding carboxylic acids is 1. The van der Waals surface area contributed by atoms with Crippen LogP contribution in [0, 0.1) is 0 Å². The zero-order valence-electron chi connectivity index (χ0n) is 14.6. The molecule has 0 unspecified atom stereocenters. The predicted molar refractivity (Wildman–Crippen MR) is 102 cm³/mol. The van der Waals surface area contributed by atoms with Gasteiger partial charge in [0.15, 0.2) is 5.76 Å². The van der Waals surface area contributed by atoms with E-state index in [0.717, 1.165) is 22.3 Å². The van der Waals surface area contributed by atoms with E-state index in [0.29, 0.717) is 12.1 Å². The average Bonchev–Trinajstić information content (AvgIpc) is 3.11. The maximum atomic E-state index is 12.7. The Bertz CT molecular complexity index is 1040. The molecule has 1 N–H and O–H groups in total. The van der Waals surface area contributed by atoms with Gasteiger partial charge >= 0.3 is 0 Å². The highest BCUT2D eigenvalue weighted by atomic mass is 16.5. The Morgan fingerprint density at radius 3 is 2.63 bits per heavy atom. The summed E-state index contributed by atoms with van der Waals surface area (Å²) in [6.07, 6.45) is 3.42. The lowest BCUT2D eigenvalue weighted by Gasteiger charge is -2.08. The minimum atomic E-state index is -0.276. The van der Waals surface area contributed by atoms with Gasteiger partial charge in [-0.3, -0.25) is 9.78 Å². The van der Waals surface area contributed by atoms with E-state index in [4.69, 9.17) is 9.15 Å². The van der Waals surface area contributed by atoms with E-state index < -0.39 is 0 Å². The van der Waals surface area contributed by atoms with Gasteiger partial charge in [0.25, 0.3) is 5.91 Å². The summed E-state index contributed by atoms with van der Waals surface area (Å²) in [4.78, 5) is 16.8. The predicted octanol–water partition coefficient (Wildman–Crippen LogP) is 4.34. The second-order valence-corrected chi connectivity index (χ2v) is 6.05. The van der Waals surface area contributed by atoms with Crippen LogP contribution in [0.2, 0.25) is 0 Å². The van der Waals surface area contributed by atoms with Crippen molar-refractivity contribution in [2.24, 2.45) is 0 Å². The van der Waals surface area contributed by atoms with Crippen LogP contribution in [0.25, 0.3) is 11.0 Å². The zero-order chi connectivity index (χ0) is 18.5. The third-order valence-corrected chi connectivity index (χ3v) is 4.21. The lowest BCUT2D eigenvalue weighted by atomic mass is 10.1. The number of nitrogens with one attached hydrogen (secondary N) is 1. The summed E-state index contributed by atoms with van der Waals surface area (Å²) in [5.41, 5.74) is 2.32. The monoisotopic (exact) mass is 358 g/mol. The van der Waals surface area contributed by atoms with Crippen molar-refractivity contribution in [1.29, 1.82) is 0 Å².